The monoisotopic (exact) mass is 279 g/mol. The standard InChI is InChI=1S/C15H25N3O2/c1-4-8-18(11(3)9-15(17)19)12-6-7-13(16)14(10-12)20-5-2/h6-7,10-11H,4-5,8-9,16H2,1-3H3,(H2,17,19). The summed E-state index contributed by atoms with van der Waals surface area (Å²) in [7, 11) is 0. The zero-order valence-corrected chi connectivity index (χ0v) is 12.6. The number of primary amides is 1. The second-order valence-corrected chi connectivity index (χ2v) is 4.87. The lowest BCUT2D eigenvalue weighted by Gasteiger charge is -2.31. The molecule has 4 N–H and O–H groups in total. The third kappa shape index (κ3) is 4.33. The van der Waals surface area contributed by atoms with Gasteiger partial charge in [0.2, 0.25) is 5.91 Å². The normalized spacial score (nSPS) is 11.9. The highest BCUT2D eigenvalue weighted by Gasteiger charge is 2.17. The van der Waals surface area contributed by atoms with E-state index in [9.17, 15) is 4.79 Å². The van der Waals surface area contributed by atoms with E-state index in [0.29, 0.717) is 24.5 Å². The van der Waals surface area contributed by atoms with E-state index in [1.54, 1.807) is 0 Å². The second kappa shape index (κ2) is 7.62. The average molecular weight is 279 g/mol. The summed E-state index contributed by atoms with van der Waals surface area (Å²) in [5, 5.41) is 0. The third-order valence-electron chi connectivity index (χ3n) is 3.12. The molecule has 0 fully saturated rings. The third-order valence-corrected chi connectivity index (χ3v) is 3.12. The largest absolute Gasteiger partial charge is 0.492 e. The number of carbonyl (C=O) groups excluding carboxylic acids is 1. The summed E-state index contributed by atoms with van der Waals surface area (Å²) in [6, 6.07) is 5.75. The van der Waals surface area contributed by atoms with E-state index in [-0.39, 0.29) is 11.9 Å². The van der Waals surface area contributed by atoms with Gasteiger partial charge >= 0.3 is 0 Å². The predicted molar refractivity (Wildman–Crippen MR) is 82.9 cm³/mol. The van der Waals surface area contributed by atoms with Crippen LogP contribution in [0.4, 0.5) is 11.4 Å². The van der Waals surface area contributed by atoms with Crippen molar-refractivity contribution in [2.75, 3.05) is 23.8 Å². The average Bonchev–Trinajstić information content (AvgIpc) is 2.38. The molecule has 1 aromatic rings. The molecule has 0 aliphatic rings. The van der Waals surface area contributed by atoms with Gasteiger partial charge in [-0.3, -0.25) is 4.79 Å². The molecule has 5 nitrogen and oxygen atoms in total. The Balaban J connectivity index is 3.01. The van der Waals surface area contributed by atoms with Gasteiger partial charge in [-0.15, -0.1) is 0 Å². The Kier molecular flexibility index (Phi) is 6.15. The molecule has 0 heterocycles. The van der Waals surface area contributed by atoms with E-state index in [2.05, 4.69) is 11.8 Å². The summed E-state index contributed by atoms with van der Waals surface area (Å²) in [6.07, 6.45) is 1.31. The lowest BCUT2D eigenvalue weighted by Crippen LogP contribution is -2.36. The van der Waals surface area contributed by atoms with Crippen molar-refractivity contribution in [3.05, 3.63) is 18.2 Å². The molecule has 0 aliphatic carbocycles. The lowest BCUT2D eigenvalue weighted by molar-refractivity contribution is -0.118. The van der Waals surface area contributed by atoms with Crippen LogP contribution in [0.3, 0.4) is 0 Å². The van der Waals surface area contributed by atoms with E-state index < -0.39 is 0 Å². The summed E-state index contributed by atoms with van der Waals surface area (Å²) in [5.74, 6) is 0.386. The molecule has 1 atom stereocenters. The smallest absolute Gasteiger partial charge is 0.219 e. The Morgan fingerprint density at radius 1 is 1.40 bits per heavy atom. The SMILES string of the molecule is CCCN(c1ccc(N)c(OCC)c1)C(C)CC(N)=O. The predicted octanol–water partition coefficient (Wildman–Crippen LogP) is 2.15. The van der Waals surface area contributed by atoms with Crippen LogP contribution in [0, 0.1) is 0 Å². The summed E-state index contributed by atoms with van der Waals surface area (Å²) >= 11 is 0. The Bertz CT molecular complexity index is 449. The molecule has 0 aliphatic heterocycles. The first-order valence-corrected chi connectivity index (χ1v) is 7.06. The molecule has 20 heavy (non-hydrogen) atoms. The van der Waals surface area contributed by atoms with E-state index in [0.717, 1.165) is 18.7 Å². The molecule has 1 aromatic carbocycles. The van der Waals surface area contributed by atoms with E-state index >= 15 is 0 Å². The minimum Gasteiger partial charge on any atom is -0.492 e. The quantitative estimate of drug-likeness (QED) is 0.714. The van der Waals surface area contributed by atoms with Crippen LogP contribution in [-0.4, -0.2) is 25.1 Å². The van der Waals surface area contributed by atoms with Crippen LogP contribution in [0.1, 0.15) is 33.6 Å². The molecule has 0 radical (unpaired) electrons. The topological polar surface area (TPSA) is 81.6 Å². The highest BCUT2D eigenvalue weighted by molar-refractivity contribution is 5.75. The zero-order valence-electron chi connectivity index (χ0n) is 12.6. The Hall–Kier alpha value is -1.91. The van der Waals surface area contributed by atoms with Crippen molar-refractivity contribution in [1.82, 2.24) is 0 Å². The van der Waals surface area contributed by atoms with Crippen LogP contribution in [0.25, 0.3) is 0 Å². The van der Waals surface area contributed by atoms with Gasteiger partial charge in [-0.05, 0) is 32.4 Å². The van der Waals surface area contributed by atoms with Crippen LogP contribution < -0.4 is 21.1 Å². The van der Waals surface area contributed by atoms with Crippen molar-refractivity contribution < 1.29 is 9.53 Å². The molecule has 0 aromatic heterocycles. The van der Waals surface area contributed by atoms with Crippen LogP contribution in [0.5, 0.6) is 5.75 Å². The maximum Gasteiger partial charge on any atom is 0.219 e. The van der Waals surface area contributed by atoms with Crippen molar-refractivity contribution in [3.8, 4) is 5.75 Å². The second-order valence-electron chi connectivity index (χ2n) is 4.87. The highest BCUT2D eigenvalue weighted by Crippen LogP contribution is 2.29. The van der Waals surface area contributed by atoms with Gasteiger partial charge in [-0.25, -0.2) is 0 Å². The molecule has 0 bridgehead atoms. The Morgan fingerprint density at radius 3 is 2.65 bits per heavy atom. The highest BCUT2D eigenvalue weighted by atomic mass is 16.5. The number of anilines is 2. The van der Waals surface area contributed by atoms with Gasteiger partial charge < -0.3 is 21.1 Å². The molecule has 5 heteroatoms. The molecule has 0 saturated carbocycles. The number of nitrogen functional groups attached to an aromatic ring is 1. The number of carbonyl (C=O) groups is 1. The summed E-state index contributed by atoms with van der Waals surface area (Å²) in [4.78, 5) is 13.3. The number of amides is 1. The van der Waals surface area contributed by atoms with Crippen molar-refractivity contribution in [3.63, 3.8) is 0 Å². The summed E-state index contributed by atoms with van der Waals surface area (Å²) in [5.41, 5.74) is 12.8. The van der Waals surface area contributed by atoms with E-state index in [4.69, 9.17) is 16.2 Å². The molecular weight excluding hydrogens is 254 g/mol. The van der Waals surface area contributed by atoms with Crippen LogP contribution >= 0.6 is 0 Å². The zero-order chi connectivity index (χ0) is 15.1. The van der Waals surface area contributed by atoms with Crippen LogP contribution in [0.15, 0.2) is 18.2 Å². The minimum atomic E-state index is -0.293. The first-order chi connectivity index (χ1) is 9.49. The first kappa shape index (κ1) is 16.1. The number of ether oxygens (including phenoxy) is 1. The maximum absolute atomic E-state index is 11.1. The molecular formula is C15H25N3O2. The van der Waals surface area contributed by atoms with Gasteiger partial charge in [0.05, 0.1) is 12.3 Å². The number of hydrogen-bond donors (Lipinski definition) is 2. The van der Waals surface area contributed by atoms with Crippen molar-refractivity contribution in [2.24, 2.45) is 5.73 Å². The Labute approximate surface area is 120 Å². The molecule has 0 spiro atoms. The summed E-state index contributed by atoms with van der Waals surface area (Å²) < 4.78 is 5.52. The number of nitrogens with two attached hydrogens (primary N) is 2. The Morgan fingerprint density at radius 2 is 2.10 bits per heavy atom. The molecule has 1 unspecified atom stereocenters. The van der Waals surface area contributed by atoms with Crippen LogP contribution in [-0.2, 0) is 4.79 Å². The fourth-order valence-electron chi connectivity index (χ4n) is 2.23. The van der Waals surface area contributed by atoms with Gasteiger partial charge in [-0.2, -0.15) is 0 Å². The van der Waals surface area contributed by atoms with Crippen molar-refractivity contribution >= 4 is 17.3 Å². The first-order valence-electron chi connectivity index (χ1n) is 7.06. The van der Waals surface area contributed by atoms with Gasteiger partial charge in [0, 0.05) is 30.8 Å². The van der Waals surface area contributed by atoms with Gasteiger partial charge in [0.25, 0.3) is 0 Å². The molecule has 1 rings (SSSR count). The number of benzene rings is 1. The fourth-order valence-corrected chi connectivity index (χ4v) is 2.23. The molecule has 0 saturated heterocycles. The summed E-state index contributed by atoms with van der Waals surface area (Å²) in [6.45, 7) is 7.44. The van der Waals surface area contributed by atoms with Crippen molar-refractivity contribution in [1.29, 1.82) is 0 Å². The number of hydrogen-bond acceptors (Lipinski definition) is 4. The molecule has 1 amide bonds. The maximum atomic E-state index is 11.1. The van der Waals surface area contributed by atoms with E-state index in [1.165, 1.54) is 0 Å². The van der Waals surface area contributed by atoms with E-state index in [1.807, 2.05) is 32.0 Å². The minimum absolute atomic E-state index is 0.0468. The van der Waals surface area contributed by atoms with Gasteiger partial charge in [-0.1, -0.05) is 6.92 Å². The number of nitrogens with zero attached hydrogens (tertiary/aromatic N) is 1. The van der Waals surface area contributed by atoms with Crippen molar-refractivity contribution in [2.45, 2.75) is 39.7 Å². The molecule has 112 valence electrons. The van der Waals surface area contributed by atoms with Gasteiger partial charge in [0.15, 0.2) is 0 Å². The fraction of sp³-hybridized carbons (Fsp3) is 0.533. The number of rotatable bonds is 8. The lowest BCUT2D eigenvalue weighted by atomic mass is 10.1. The van der Waals surface area contributed by atoms with Crippen LogP contribution in [0.2, 0.25) is 0 Å². The van der Waals surface area contributed by atoms with Gasteiger partial charge in [0.1, 0.15) is 5.75 Å².